The second kappa shape index (κ2) is 11.0. The number of para-hydroxylation sites is 1. The molecule has 2 aromatic heterocycles. The molecule has 228 valence electrons. The number of hydrogen-bond donors (Lipinski definition) is 0. The van der Waals surface area contributed by atoms with Gasteiger partial charge in [-0.05, 0) is 85.4 Å². The molecule has 0 bridgehead atoms. The summed E-state index contributed by atoms with van der Waals surface area (Å²) in [6.07, 6.45) is 2.04. The SMILES string of the molecule is c1ccc(-c2c3ccccc3c(-c3ccc(-c4ccc5c6cc7ccccc7cc6n(-c6ccccc6)c5c4)cn3)c3ccccc23)cc1. The molecule has 0 N–H and O–H groups in total. The summed E-state index contributed by atoms with van der Waals surface area (Å²) in [4.78, 5) is 5.16. The molecule has 10 rings (SSSR count). The lowest BCUT2D eigenvalue weighted by atomic mass is 9.87. The Morgan fingerprint density at radius 3 is 1.55 bits per heavy atom. The number of pyridine rings is 1. The van der Waals surface area contributed by atoms with Crippen LogP contribution in [-0.4, -0.2) is 9.55 Å². The van der Waals surface area contributed by atoms with Crippen LogP contribution in [0.3, 0.4) is 0 Å². The summed E-state index contributed by atoms with van der Waals surface area (Å²) in [6.45, 7) is 0. The van der Waals surface area contributed by atoms with E-state index in [1.54, 1.807) is 0 Å². The zero-order valence-electron chi connectivity index (χ0n) is 26.7. The summed E-state index contributed by atoms with van der Waals surface area (Å²) in [5.41, 5.74) is 10.4. The van der Waals surface area contributed by atoms with Gasteiger partial charge in [-0.15, -0.1) is 0 Å². The number of rotatable bonds is 4. The van der Waals surface area contributed by atoms with E-state index in [1.807, 2.05) is 6.20 Å². The third-order valence-corrected chi connectivity index (χ3v) is 10.00. The van der Waals surface area contributed by atoms with Crippen LogP contribution in [0.25, 0.3) is 93.3 Å². The average Bonchev–Trinajstić information content (AvgIpc) is 3.49. The van der Waals surface area contributed by atoms with Gasteiger partial charge in [0.05, 0.1) is 16.7 Å². The highest BCUT2D eigenvalue weighted by Crippen LogP contribution is 2.43. The van der Waals surface area contributed by atoms with Gasteiger partial charge in [0.1, 0.15) is 0 Å². The predicted molar refractivity (Wildman–Crippen MR) is 207 cm³/mol. The maximum atomic E-state index is 5.16. The third-order valence-electron chi connectivity index (χ3n) is 10.00. The van der Waals surface area contributed by atoms with E-state index in [9.17, 15) is 0 Å². The molecule has 0 spiro atoms. The molecular weight excluding hydrogens is 593 g/mol. The first-order chi connectivity index (χ1) is 24.3. The Labute approximate surface area is 284 Å². The van der Waals surface area contributed by atoms with Gasteiger partial charge in [-0.2, -0.15) is 0 Å². The van der Waals surface area contributed by atoms with Crippen molar-refractivity contribution in [2.75, 3.05) is 0 Å². The molecule has 10 aromatic rings. The van der Waals surface area contributed by atoms with Crippen molar-refractivity contribution in [3.05, 3.63) is 182 Å². The first-order valence-corrected chi connectivity index (χ1v) is 16.8. The van der Waals surface area contributed by atoms with Gasteiger partial charge in [0.2, 0.25) is 0 Å². The molecule has 0 amide bonds. The Morgan fingerprint density at radius 1 is 0.347 bits per heavy atom. The van der Waals surface area contributed by atoms with Gasteiger partial charge in [-0.25, -0.2) is 0 Å². The summed E-state index contributed by atoms with van der Waals surface area (Å²) >= 11 is 0. The molecule has 0 aliphatic rings. The lowest BCUT2D eigenvalue weighted by Gasteiger charge is -2.17. The van der Waals surface area contributed by atoms with E-state index in [2.05, 4.69) is 180 Å². The molecule has 2 nitrogen and oxygen atoms in total. The zero-order chi connectivity index (χ0) is 32.3. The van der Waals surface area contributed by atoms with Crippen molar-refractivity contribution >= 4 is 54.1 Å². The molecular formula is C47H30N2. The van der Waals surface area contributed by atoms with Crippen molar-refractivity contribution < 1.29 is 0 Å². The topological polar surface area (TPSA) is 17.8 Å². The Hall–Kier alpha value is -6.51. The molecule has 0 saturated heterocycles. The molecule has 8 aromatic carbocycles. The molecule has 2 heteroatoms. The summed E-state index contributed by atoms with van der Waals surface area (Å²) < 4.78 is 2.40. The minimum absolute atomic E-state index is 0.974. The van der Waals surface area contributed by atoms with E-state index in [1.165, 1.54) is 70.8 Å². The largest absolute Gasteiger partial charge is 0.309 e. The summed E-state index contributed by atoms with van der Waals surface area (Å²) in [6, 6.07) is 63.4. The highest BCUT2D eigenvalue weighted by Gasteiger charge is 2.18. The molecule has 0 aliphatic heterocycles. The van der Waals surface area contributed by atoms with E-state index >= 15 is 0 Å². The molecule has 0 unspecified atom stereocenters. The van der Waals surface area contributed by atoms with E-state index < -0.39 is 0 Å². The molecule has 0 aliphatic carbocycles. The van der Waals surface area contributed by atoms with Crippen molar-refractivity contribution in [3.63, 3.8) is 0 Å². The first kappa shape index (κ1) is 27.6. The van der Waals surface area contributed by atoms with E-state index in [0.717, 1.165) is 22.5 Å². The van der Waals surface area contributed by atoms with Crippen LogP contribution in [0.5, 0.6) is 0 Å². The zero-order valence-corrected chi connectivity index (χ0v) is 26.7. The predicted octanol–water partition coefficient (Wildman–Crippen LogP) is 12.6. The van der Waals surface area contributed by atoms with Gasteiger partial charge >= 0.3 is 0 Å². The smallest absolute Gasteiger partial charge is 0.0714 e. The van der Waals surface area contributed by atoms with E-state index in [0.29, 0.717) is 0 Å². The summed E-state index contributed by atoms with van der Waals surface area (Å²) in [7, 11) is 0. The second-order valence-electron chi connectivity index (χ2n) is 12.8. The van der Waals surface area contributed by atoms with Gasteiger partial charge in [0, 0.05) is 33.8 Å². The second-order valence-corrected chi connectivity index (χ2v) is 12.8. The van der Waals surface area contributed by atoms with Crippen molar-refractivity contribution in [2.45, 2.75) is 0 Å². The fraction of sp³-hybridized carbons (Fsp3) is 0. The maximum absolute atomic E-state index is 5.16. The van der Waals surface area contributed by atoms with Crippen molar-refractivity contribution in [1.82, 2.24) is 9.55 Å². The van der Waals surface area contributed by atoms with Crippen LogP contribution >= 0.6 is 0 Å². The monoisotopic (exact) mass is 622 g/mol. The Balaban J connectivity index is 1.15. The van der Waals surface area contributed by atoms with Gasteiger partial charge in [-0.1, -0.05) is 140 Å². The minimum Gasteiger partial charge on any atom is -0.309 e. The van der Waals surface area contributed by atoms with Crippen molar-refractivity contribution in [1.29, 1.82) is 0 Å². The van der Waals surface area contributed by atoms with E-state index in [-0.39, 0.29) is 0 Å². The normalized spacial score (nSPS) is 11.7. The molecule has 0 saturated carbocycles. The number of hydrogen-bond acceptors (Lipinski definition) is 1. The Kier molecular flexibility index (Phi) is 6.22. The van der Waals surface area contributed by atoms with Gasteiger partial charge < -0.3 is 4.57 Å². The Bertz CT molecular complexity index is 2790. The highest BCUT2D eigenvalue weighted by molar-refractivity contribution is 6.21. The molecule has 0 radical (unpaired) electrons. The lowest BCUT2D eigenvalue weighted by Crippen LogP contribution is -1.94. The first-order valence-electron chi connectivity index (χ1n) is 16.8. The quantitative estimate of drug-likeness (QED) is 0.179. The number of aromatic nitrogens is 2. The average molecular weight is 623 g/mol. The third kappa shape index (κ3) is 4.38. The standard InChI is InChI=1S/C47H30N2/c1-3-13-31(14-4-1)46-38-19-9-11-21-40(38)47(41-22-12-10-20-39(41)46)43-26-24-35(30-48-43)34-23-25-37-42-27-32-15-7-8-16-33(32)28-45(42)49(44(37)29-34)36-17-5-2-6-18-36/h1-30H. The summed E-state index contributed by atoms with van der Waals surface area (Å²) in [5, 5.41) is 9.89. The van der Waals surface area contributed by atoms with Crippen LogP contribution < -0.4 is 0 Å². The number of fused-ring (bicyclic) bond motifs is 6. The van der Waals surface area contributed by atoms with Crippen LogP contribution in [0.4, 0.5) is 0 Å². The van der Waals surface area contributed by atoms with Gasteiger partial charge in [-0.3, -0.25) is 4.98 Å². The fourth-order valence-corrected chi connectivity index (χ4v) is 7.77. The minimum atomic E-state index is 0.974. The molecule has 0 fully saturated rings. The van der Waals surface area contributed by atoms with Crippen LogP contribution in [-0.2, 0) is 0 Å². The summed E-state index contributed by atoms with van der Waals surface area (Å²) in [5.74, 6) is 0. The van der Waals surface area contributed by atoms with Crippen LogP contribution in [0.2, 0.25) is 0 Å². The highest BCUT2D eigenvalue weighted by atomic mass is 15.0. The van der Waals surface area contributed by atoms with Crippen molar-refractivity contribution in [2.24, 2.45) is 0 Å². The van der Waals surface area contributed by atoms with Gasteiger partial charge in [0.25, 0.3) is 0 Å². The lowest BCUT2D eigenvalue weighted by molar-refractivity contribution is 1.18. The van der Waals surface area contributed by atoms with Crippen LogP contribution in [0.1, 0.15) is 0 Å². The van der Waals surface area contributed by atoms with Gasteiger partial charge in [0.15, 0.2) is 0 Å². The van der Waals surface area contributed by atoms with E-state index in [4.69, 9.17) is 4.98 Å². The number of benzene rings is 8. The fourth-order valence-electron chi connectivity index (χ4n) is 7.77. The van der Waals surface area contributed by atoms with Crippen LogP contribution in [0, 0.1) is 0 Å². The molecule has 2 heterocycles. The molecule has 0 atom stereocenters. The maximum Gasteiger partial charge on any atom is 0.0714 e. The Morgan fingerprint density at radius 2 is 0.898 bits per heavy atom. The number of nitrogens with zero attached hydrogens (tertiary/aromatic N) is 2. The van der Waals surface area contributed by atoms with Crippen molar-refractivity contribution in [3.8, 4) is 39.2 Å². The van der Waals surface area contributed by atoms with Crippen LogP contribution in [0.15, 0.2) is 182 Å². The molecule has 49 heavy (non-hydrogen) atoms.